The Kier molecular flexibility index (Phi) is 5.64. The zero-order valence-corrected chi connectivity index (χ0v) is 16.1. The lowest BCUT2D eigenvalue weighted by atomic mass is 10.0. The van der Waals surface area contributed by atoms with Crippen LogP contribution in [-0.4, -0.2) is 28.7 Å². The number of rotatable bonds is 7. The average Bonchev–Trinajstić information content (AvgIpc) is 3.16. The third-order valence-corrected chi connectivity index (χ3v) is 4.45. The van der Waals surface area contributed by atoms with Crippen molar-refractivity contribution in [1.82, 2.24) is 9.55 Å². The molecule has 1 heterocycles. The molecule has 0 fully saturated rings. The molecule has 0 bridgehead atoms. The summed E-state index contributed by atoms with van der Waals surface area (Å²) in [7, 11) is 4.93. The van der Waals surface area contributed by atoms with E-state index in [0.29, 0.717) is 17.3 Å². The number of nitrogens with one attached hydrogen (secondary N) is 1. The predicted molar refractivity (Wildman–Crippen MR) is 106 cm³/mol. The number of ether oxygens (including phenoxy) is 2. The molecule has 2 aromatic carbocycles. The summed E-state index contributed by atoms with van der Waals surface area (Å²) in [4.78, 5) is 15.4. The predicted octanol–water partition coefficient (Wildman–Crippen LogP) is 3.42. The van der Waals surface area contributed by atoms with E-state index in [1.807, 2.05) is 29.8 Å². The number of hydrogen-bond acceptors (Lipinski definition) is 7. The molecule has 0 saturated heterocycles. The molecule has 0 aliphatic carbocycles. The van der Waals surface area contributed by atoms with Crippen LogP contribution in [0.4, 0.5) is 11.4 Å². The second-order valence-corrected chi connectivity index (χ2v) is 6.22. The summed E-state index contributed by atoms with van der Waals surface area (Å²) < 4.78 is 12.5. The Labute approximate surface area is 167 Å². The van der Waals surface area contributed by atoms with Gasteiger partial charge in [-0.2, -0.15) is 5.26 Å². The molecule has 0 radical (unpaired) electrons. The van der Waals surface area contributed by atoms with E-state index in [-0.39, 0.29) is 16.9 Å². The van der Waals surface area contributed by atoms with Crippen molar-refractivity contribution in [1.29, 1.82) is 5.26 Å². The summed E-state index contributed by atoms with van der Waals surface area (Å²) in [6.45, 7) is 0. The van der Waals surface area contributed by atoms with Crippen LogP contribution in [0, 0.1) is 21.4 Å². The number of nitrogens with zero attached hydrogens (tertiary/aromatic N) is 4. The maximum Gasteiger partial charge on any atom is 0.293 e. The van der Waals surface area contributed by atoms with Gasteiger partial charge >= 0.3 is 0 Å². The topological polar surface area (TPSA) is 115 Å². The van der Waals surface area contributed by atoms with Crippen molar-refractivity contribution < 1.29 is 14.4 Å². The molecule has 3 aromatic rings. The van der Waals surface area contributed by atoms with Crippen LogP contribution in [0.5, 0.6) is 11.5 Å². The largest absolute Gasteiger partial charge is 0.497 e. The number of aromatic nitrogens is 2. The van der Waals surface area contributed by atoms with Gasteiger partial charge in [-0.3, -0.25) is 10.1 Å². The molecule has 1 atom stereocenters. The van der Waals surface area contributed by atoms with Gasteiger partial charge in [0.2, 0.25) is 0 Å². The van der Waals surface area contributed by atoms with Gasteiger partial charge in [0.1, 0.15) is 29.1 Å². The molecular formula is C20H19N5O4. The lowest BCUT2D eigenvalue weighted by Gasteiger charge is -2.21. The minimum absolute atomic E-state index is 0.196. The second kappa shape index (κ2) is 8.31. The van der Waals surface area contributed by atoms with Crippen LogP contribution in [0.25, 0.3) is 0 Å². The fourth-order valence-electron chi connectivity index (χ4n) is 2.98. The third-order valence-electron chi connectivity index (χ3n) is 4.45. The second-order valence-electron chi connectivity index (χ2n) is 6.22. The number of methoxy groups -OCH3 is 2. The summed E-state index contributed by atoms with van der Waals surface area (Å²) in [5.41, 5.74) is 1.02. The Balaban J connectivity index is 2.14. The summed E-state index contributed by atoms with van der Waals surface area (Å²) in [6, 6.07) is 11.0. The minimum atomic E-state index is -0.536. The summed E-state index contributed by atoms with van der Waals surface area (Å²) in [5, 5.41) is 23.8. The maximum atomic E-state index is 11.6. The zero-order valence-electron chi connectivity index (χ0n) is 16.1. The van der Waals surface area contributed by atoms with Crippen LogP contribution < -0.4 is 14.8 Å². The third kappa shape index (κ3) is 4.11. The highest BCUT2D eigenvalue weighted by atomic mass is 16.6. The van der Waals surface area contributed by atoms with E-state index in [2.05, 4.69) is 10.3 Å². The van der Waals surface area contributed by atoms with Gasteiger partial charge < -0.3 is 19.4 Å². The first kappa shape index (κ1) is 19.7. The first-order valence-electron chi connectivity index (χ1n) is 8.62. The van der Waals surface area contributed by atoms with E-state index in [9.17, 15) is 10.1 Å². The van der Waals surface area contributed by atoms with Crippen LogP contribution >= 0.6 is 0 Å². The van der Waals surface area contributed by atoms with Crippen LogP contribution in [0.1, 0.15) is 23.0 Å². The highest BCUT2D eigenvalue weighted by Crippen LogP contribution is 2.34. The molecule has 9 nitrogen and oxygen atoms in total. The smallest absolute Gasteiger partial charge is 0.293 e. The van der Waals surface area contributed by atoms with Crippen molar-refractivity contribution in [3.63, 3.8) is 0 Å². The van der Waals surface area contributed by atoms with E-state index < -0.39 is 11.0 Å². The Hall–Kier alpha value is -4.06. The molecule has 0 aliphatic rings. The Bertz CT molecular complexity index is 1060. The molecule has 148 valence electrons. The minimum Gasteiger partial charge on any atom is -0.497 e. The first-order chi connectivity index (χ1) is 14.0. The lowest BCUT2D eigenvalue weighted by molar-refractivity contribution is -0.384. The molecule has 29 heavy (non-hydrogen) atoms. The lowest BCUT2D eigenvalue weighted by Crippen LogP contribution is -2.17. The summed E-state index contributed by atoms with van der Waals surface area (Å²) >= 11 is 0. The quantitative estimate of drug-likeness (QED) is 0.483. The fourth-order valence-corrected chi connectivity index (χ4v) is 2.98. The summed E-state index contributed by atoms with van der Waals surface area (Å²) in [6.07, 6.45) is 3.43. The van der Waals surface area contributed by atoms with E-state index in [0.717, 1.165) is 5.56 Å². The van der Waals surface area contributed by atoms with E-state index in [1.54, 1.807) is 32.7 Å². The van der Waals surface area contributed by atoms with Gasteiger partial charge in [0.15, 0.2) is 0 Å². The molecular weight excluding hydrogens is 374 g/mol. The van der Waals surface area contributed by atoms with Crippen LogP contribution in [-0.2, 0) is 7.05 Å². The Morgan fingerprint density at radius 3 is 2.41 bits per heavy atom. The van der Waals surface area contributed by atoms with Crippen molar-refractivity contribution in [3.05, 3.63) is 75.9 Å². The molecule has 1 N–H and O–H groups in total. The normalized spacial score (nSPS) is 11.4. The van der Waals surface area contributed by atoms with Gasteiger partial charge in [-0.15, -0.1) is 0 Å². The molecule has 0 aliphatic heterocycles. The standard InChI is InChI=1S/C20H19N5O4/c1-24-7-6-22-20(24)19(14-9-15(28-2)11-16(10-14)29-3)23-17-5-4-13(12-21)8-18(17)25(26)27/h4-11,19,23H,1-3H3. The molecule has 0 spiro atoms. The van der Waals surface area contributed by atoms with Gasteiger partial charge in [-0.25, -0.2) is 4.98 Å². The monoisotopic (exact) mass is 393 g/mol. The zero-order chi connectivity index (χ0) is 21.0. The number of benzene rings is 2. The van der Waals surface area contributed by atoms with Gasteiger partial charge in [0, 0.05) is 31.6 Å². The van der Waals surface area contributed by atoms with Crippen molar-refractivity contribution >= 4 is 11.4 Å². The maximum absolute atomic E-state index is 11.6. The Morgan fingerprint density at radius 1 is 1.21 bits per heavy atom. The highest BCUT2D eigenvalue weighted by Gasteiger charge is 2.24. The fraction of sp³-hybridized carbons (Fsp3) is 0.200. The average molecular weight is 393 g/mol. The van der Waals surface area contributed by atoms with E-state index in [4.69, 9.17) is 14.7 Å². The molecule has 0 saturated carbocycles. The SMILES string of the molecule is COc1cc(OC)cc(C(Nc2ccc(C#N)cc2[N+](=O)[O-])c2nccn2C)c1. The van der Waals surface area contributed by atoms with Crippen molar-refractivity contribution in [2.45, 2.75) is 6.04 Å². The van der Waals surface area contributed by atoms with Gasteiger partial charge in [0.25, 0.3) is 5.69 Å². The van der Waals surface area contributed by atoms with Crippen molar-refractivity contribution in [3.8, 4) is 17.6 Å². The van der Waals surface area contributed by atoms with Gasteiger partial charge in [0.05, 0.1) is 30.8 Å². The van der Waals surface area contributed by atoms with Crippen LogP contribution in [0.15, 0.2) is 48.8 Å². The Morgan fingerprint density at radius 2 is 1.90 bits per heavy atom. The molecule has 9 heteroatoms. The first-order valence-corrected chi connectivity index (χ1v) is 8.62. The van der Waals surface area contributed by atoms with E-state index in [1.165, 1.54) is 18.2 Å². The van der Waals surface area contributed by atoms with E-state index >= 15 is 0 Å². The molecule has 1 aromatic heterocycles. The number of nitro benzene ring substituents is 1. The molecule has 3 rings (SSSR count). The van der Waals surface area contributed by atoms with Crippen molar-refractivity contribution in [2.24, 2.45) is 7.05 Å². The number of anilines is 1. The number of aryl methyl sites for hydroxylation is 1. The van der Waals surface area contributed by atoms with Crippen LogP contribution in [0.3, 0.4) is 0 Å². The number of nitro groups is 1. The van der Waals surface area contributed by atoms with Crippen LogP contribution in [0.2, 0.25) is 0 Å². The number of imidazole rings is 1. The molecule has 0 amide bonds. The van der Waals surface area contributed by atoms with Gasteiger partial charge in [-0.05, 0) is 29.8 Å². The van der Waals surface area contributed by atoms with Crippen molar-refractivity contribution in [2.75, 3.05) is 19.5 Å². The highest BCUT2D eigenvalue weighted by molar-refractivity contribution is 5.65. The number of nitriles is 1. The van der Waals surface area contributed by atoms with Gasteiger partial charge in [-0.1, -0.05) is 0 Å². The summed E-state index contributed by atoms with van der Waals surface area (Å²) in [5.74, 6) is 1.79. The number of hydrogen-bond donors (Lipinski definition) is 1. The molecule has 1 unspecified atom stereocenters.